The summed E-state index contributed by atoms with van der Waals surface area (Å²) in [5, 5.41) is 4.07. The van der Waals surface area contributed by atoms with E-state index in [0.29, 0.717) is 30.2 Å². The molecule has 208 valence electrons. The lowest BCUT2D eigenvalue weighted by atomic mass is 9.90. The maximum atomic E-state index is 14.6. The van der Waals surface area contributed by atoms with E-state index < -0.39 is 11.7 Å². The largest absolute Gasteiger partial charge is 0.493 e. The van der Waals surface area contributed by atoms with Crippen LogP contribution in [0.4, 0.5) is 19.2 Å². The van der Waals surface area contributed by atoms with Gasteiger partial charge in [-0.2, -0.15) is 4.98 Å². The third-order valence-electron chi connectivity index (χ3n) is 8.31. The minimum atomic E-state index is -2.72. The number of piperidine rings is 2. The normalized spacial score (nSPS) is 23.6. The molecule has 3 heterocycles. The van der Waals surface area contributed by atoms with Crippen molar-refractivity contribution >= 4 is 11.9 Å². The summed E-state index contributed by atoms with van der Waals surface area (Å²) in [6.45, 7) is 6.52. The Balaban J connectivity index is 1.01. The Bertz CT molecular complexity index is 1110. The standard InChI is InChI=1S/C28H37F3N4O3/c1-18(2)26-32-27(38-33-26)35-10-5-19(6-11-35)23-15-20(23)7-14-37-22-4-3-21(24(29)17-22)16-25(36)34-12-8-28(30,31)9-13-34/h3-4,17-20,23H,5-16H2,1-2H3. The van der Waals surface area contributed by atoms with Crippen molar-refractivity contribution in [3.63, 3.8) is 0 Å². The van der Waals surface area contributed by atoms with Gasteiger partial charge in [-0.15, -0.1) is 0 Å². The molecule has 1 aromatic heterocycles. The number of anilines is 1. The van der Waals surface area contributed by atoms with Crippen molar-refractivity contribution in [2.24, 2.45) is 17.8 Å². The van der Waals surface area contributed by atoms with Crippen LogP contribution < -0.4 is 9.64 Å². The molecule has 3 fully saturated rings. The maximum absolute atomic E-state index is 14.6. The molecule has 7 nitrogen and oxygen atoms in total. The van der Waals surface area contributed by atoms with Gasteiger partial charge in [0.25, 0.3) is 5.92 Å². The predicted octanol–water partition coefficient (Wildman–Crippen LogP) is 5.45. The molecular weight excluding hydrogens is 497 g/mol. The maximum Gasteiger partial charge on any atom is 0.324 e. The fraction of sp³-hybridized carbons (Fsp3) is 0.679. The molecule has 1 aromatic carbocycles. The number of alkyl halides is 2. The molecule has 0 bridgehead atoms. The second-order valence-corrected chi connectivity index (χ2v) is 11.4. The predicted molar refractivity (Wildman–Crippen MR) is 136 cm³/mol. The van der Waals surface area contributed by atoms with Crippen LogP contribution in [-0.4, -0.2) is 59.7 Å². The van der Waals surface area contributed by atoms with Crippen LogP contribution in [0, 0.1) is 23.6 Å². The molecule has 0 N–H and O–H groups in total. The number of likely N-dealkylation sites (tertiary alicyclic amines) is 1. The Morgan fingerprint density at radius 3 is 2.58 bits per heavy atom. The molecular formula is C28H37F3N4O3. The Kier molecular flexibility index (Phi) is 7.86. The Hall–Kier alpha value is -2.78. The van der Waals surface area contributed by atoms with E-state index in [4.69, 9.17) is 9.26 Å². The zero-order valence-corrected chi connectivity index (χ0v) is 22.2. The van der Waals surface area contributed by atoms with Crippen LogP contribution in [-0.2, 0) is 11.2 Å². The zero-order valence-electron chi connectivity index (χ0n) is 22.2. The van der Waals surface area contributed by atoms with Crippen molar-refractivity contribution in [3.8, 4) is 5.75 Å². The number of carbonyl (C=O) groups excluding carboxylic acids is 1. The summed E-state index contributed by atoms with van der Waals surface area (Å²) in [7, 11) is 0. The van der Waals surface area contributed by atoms with Crippen molar-refractivity contribution < 1.29 is 27.2 Å². The quantitative estimate of drug-likeness (QED) is 0.426. The van der Waals surface area contributed by atoms with Gasteiger partial charge in [-0.3, -0.25) is 4.79 Å². The third kappa shape index (κ3) is 6.43. The van der Waals surface area contributed by atoms with Gasteiger partial charge < -0.3 is 19.1 Å². The monoisotopic (exact) mass is 534 g/mol. The van der Waals surface area contributed by atoms with Crippen LogP contribution in [0.5, 0.6) is 5.75 Å². The van der Waals surface area contributed by atoms with E-state index in [0.717, 1.165) is 44.1 Å². The van der Waals surface area contributed by atoms with Gasteiger partial charge >= 0.3 is 6.01 Å². The fourth-order valence-corrected chi connectivity index (χ4v) is 5.74. The molecule has 3 aliphatic rings. The minimum Gasteiger partial charge on any atom is -0.493 e. The Labute approximate surface area is 221 Å². The van der Waals surface area contributed by atoms with Crippen LogP contribution in [0.3, 0.4) is 0 Å². The van der Waals surface area contributed by atoms with Gasteiger partial charge in [-0.05, 0) is 55.1 Å². The molecule has 2 aliphatic heterocycles. The van der Waals surface area contributed by atoms with E-state index in [9.17, 15) is 18.0 Å². The summed E-state index contributed by atoms with van der Waals surface area (Å²) >= 11 is 0. The van der Waals surface area contributed by atoms with E-state index in [2.05, 4.69) is 28.9 Å². The molecule has 2 saturated heterocycles. The van der Waals surface area contributed by atoms with Crippen molar-refractivity contribution in [3.05, 3.63) is 35.4 Å². The molecule has 2 aromatic rings. The van der Waals surface area contributed by atoms with Gasteiger partial charge in [0.05, 0.1) is 13.0 Å². The molecule has 10 heteroatoms. The molecule has 1 amide bonds. The van der Waals surface area contributed by atoms with Crippen LogP contribution in [0.25, 0.3) is 0 Å². The van der Waals surface area contributed by atoms with Crippen LogP contribution in [0.1, 0.15) is 69.7 Å². The fourth-order valence-electron chi connectivity index (χ4n) is 5.74. The number of benzene rings is 1. The highest BCUT2D eigenvalue weighted by Crippen LogP contribution is 2.50. The second kappa shape index (κ2) is 11.1. The minimum absolute atomic E-state index is 0.00767. The van der Waals surface area contributed by atoms with Crippen molar-refractivity contribution in [2.75, 3.05) is 37.7 Å². The van der Waals surface area contributed by atoms with Gasteiger partial charge in [0.2, 0.25) is 5.91 Å². The number of hydrogen-bond acceptors (Lipinski definition) is 6. The summed E-state index contributed by atoms with van der Waals surface area (Å²) in [5.74, 6) is -0.0378. The molecule has 1 aliphatic carbocycles. The van der Waals surface area contributed by atoms with Gasteiger partial charge in [-0.1, -0.05) is 25.1 Å². The second-order valence-electron chi connectivity index (χ2n) is 11.4. The first kappa shape index (κ1) is 26.8. The topological polar surface area (TPSA) is 71.7 Å². The SMILES string of the molecule is CC(C)c1noc(N2CCC(C3CC3CCOc3ccc(CC(=O)N4CCC(F)(F)CC4)c(F)c3)CC2)n1. The highest BCUT2D eigenvalue weighted by molar-refractivity contribution is 5.79. The number of carbonyl (C=O) groups is 1. The first-order chi connectivity index (χ1) is 18.2. The summed E-state index contributed by atoms with van der Waals surface area (Å²) < 4.78 is 52.5. The van der Waals surface area contributed by atoms with Crippen LogP contribution in [0.15, 0.2) is 22.7 Å². The summed E-state index contributed by atoms with van der Waals surface area (Å²) in [6.07, 6.45) is 3.57. The van der Waals surface area contributed by atoms with Crippen molar-refractivity contribution in [1.29, 1.82) is 0 Å². The lowest BCUT2D eigenvalue weighted by Crippen LogP contribution is -2.43. The van der Waals surface area contributed by atoms with E-state index >= 15 is 0 Å². The average molecular weight is 535 g/mol. The smallest absolute Gasteiger partial charge is 0.324 e. The molecule has 0 radical (unpaired) electrons. The van der Waals surface area contributed by atoms with Crippen molar-refractivity contribution in [1.82, 2.24) is 15.0 Å². The average Bonchev–Trinajstić information content (AvgIpc) is 3.47. The molecule has 5 rings (SSSR count). The molecule has 38 heavy (non-hydrogen) atoms. The third-order valence-corrected chi connectivity index (χ3v) is 8.31. The van der Waals surface area contributed by atoms with E-state index in [1.165, 1.54) is 17.4 Å². The van der Waals surface area contributed by atoms with Gasteiger partial charge in [0.15, 0.2) is 5.82 Å². The summed E-state index contributed by atoms with van der Waals surface area (Å²) in [6, 6.07) is 5.18. The number of hydrogen-bond donors (Lipinski definition) is 0. The number of nitrogens with zero attached hydrogens (tertiary/aromatic N) is 4. The number of ether oxygens (including phenoxy) is 1. The molecule has 2 unspecified atom stereocenters. The number of halogens is 3. The molecule has 2 atom stereocenters. The lowest BCUT2D eigenvalue weighted by Gasteiger charge is -2.31. The van der Waals surface area contributed by atoms with Crippen LogP contribution in [0.2, 0.25) is 0 Å². The lowest BCUT2D eigenvalue weighted by molar-refractivity contribution is -0.136. The van der Waals surface area contributed by atoms with E-state index in [1.807, 2.05) is 0 Å². The number of aromatic nitrogens is 2. The van der Waals surface area contributed by atoms with Crippen molar-refractivity contribution in [2.45, 2.75) is 70.6 Å². The highest BCUT2D eigenvalue weighted by Gasteiger charge is 2.43. The van der Waals surface area contributed by atoms with E-state index in [-0.39, 0.29) is 49.7 Å². The summed E-state index contributed by atoms with van der Waals surface area (Å²) in [4.78, 5) is 20.5. The number of rotatable bonds is 9. The molecule has 0 spiro atoms. The summed E-state index contributed by atoms with van der Waals surface area (Å²) in [5.41, 5.74) is 0.259. The van der Waals surface area contributed by atoms with Crippen LogP contribution >= 0.6 is 0 Å². The Morgan fingerprint density at radius 2 is 1.92 bits per heavy atom. The Morgan fingerprint density at radius 1 is 1.18 bits per heavy atom. The zero-order chi connectivity index (χ0) is 26.9. The van der Waals surface area contributed by atoms with Gasteiger partial charge in [0.1, 0.15) is 11.6 Å². The van der Waals surface area contributed by atoms with Gasteiger partial charge in [-0.25, -0.2) is 13.2 Å². The first-order valence-electron chi connectivity index (χ1n) is 13.8. The van der Waals surface area contributed by atoms with Gasteiger partial charge in [0, 0.05) is 51.0 Å². The number of amides is 1. The molecule has 1 saturated carbocycles. The highest BCUT2D eigenvalue weighted by atomic mass is 19.3. The van der Waals surface area contributed by atoms with E-state index in [1.54, 1.807) is 12.1 Å². The first-order valence-corrected chi connectivity index (χ1v) is 13.8.